The number of ether oxygens (including phenoxy) is 2. The van der Waals surface area contributed by atoms with Crippen molar-refractivity contribution in [3.8, 4) is 5.88 Å². The number of aromatic nitrogens is 1. The molecule has 1 aromatic heterocycles. The van der Waals surface area contributed by atoms with Crippen LogP contribution in [-0.2, 0) is 4.74 Å². The van der Waals surface area contributed by atoms with Crippen LogP contribution in [0.25, 0.3) is 0 Å². The van der Waals surface area contributed by atoms with E-state index in [1.54, 1.807) is 19.4 Å². The number of rotatable bonds is 12. The summed E-state index contributed by atoms with van der Waals surface area (Å²) in [6.07, 6.45) is 7.00. The lowest BCUT2D eigenvalue weighted by Gasteiger charge is -2.29. The van der Waals surface area contributed by atoms with E-state index in [1.165, 1.54) is 0 Å². The Balaban J connectivity index is 2.61. The molecule has 0 spiro atoms. The van der Waals surface area contributed by atoms with E-state index in [0.717, 1.165) is 38.6 Å². The molecule has 1 atom stereocenters. The highest BCUT2D eigenvalue weighted by molar-refractivity contribution is 5.89. The van der Waals surface area contributed by atoms with Crippen LogP contribution in [0.3, 0.4) is 0 Å². The predicted octanol–water partition coefficient (Wildman–Crippen LogP) is 4.32. The van der Waals surface area contributed by atoms with Gasteiger partial charge in [-0.3, -0.25) is 0 Å². The van der Waals surface area contributed by atoms with Gasteiger partial charge in [-0.15, -0.1) is 0 Å². The van der Waals surface area contributed by atoms with Gasteiger partial charge in [0.2, 0.25) is 5.88 Å². The third-order valence-electron chi connectivity index (χ3n) is 4.03. The average Bonchev–Trinajstić information content (AvgIpc) is 2.60. The first kappa shape index (κ1) is 21.2. The summed E-state index contributed by atoms with van der Waals surface area (Å²) < 4.78 is 10.4. The third kappa shape index (κ3) is 8.20. The molecule has 0 radical (unpaired) electrons. The van der Waals surface area contributed by atoms with Crippen LogP contribution >= 0.6 is 0 Å². The number of carbonyl (C=O) groups excluding carboxylic acids is 1. The van der Waals surface area contributed by atoms with E-state index in [9.17, 15) is 4.79 Å². The van der Waals surface area contributed by atoms with Crippen LogP contribution in [-0.4, -0.2) is 48.8 Å². The van der Waals surface area contributed by atoms with Gasteiger partial charge in [-0.25, -0.2) is 9.78 Å². The first-order chi connectivity index (χ1) is 12.1. The minimum Gasteiger partial charge on any atom is -0.475 e. The van der Waals surface area contributed by atoms with Crippen molar-refractivity contribution in [1.82, 2.24) is 9.88 Å². The molecule has 2 amide bonds. The molecule has 1 unspecified atom stereocenters. The summed E-state index contributed by atoms with van der Waals surface area (Å²) in [6.45, 7) is 8.18. The number of pyridine rings is 1. The number of hydrogen-bond acceptors (Lipinski definition) is 4. The first-order valence-corrected chi connectivity index (χ1v) is 9.27. The van der Waals surface area contributed by atoms with Gasteiger partial charge in [0.15, 0.2) is 0 Å². The van der Waals surface area contributed by atoms with E-state index < -0.39 is 0 Å². The normalized spacial score (nSPS) is 11.8. The summed E-state index contributed by atoms with van der Waals surface area (Å²) in [7, 11) is 1.63. The number of unbranched alkanes of at least 4 members (excludes halogenated alkanes) is 2. The SMILES string of the molecule is CCCCCN(C(=O)Nc1ccc(OCCOC)nc1)C(C)CCC. The molecule has 0 saturated carbocycles. The second-order valence-electron chi connectivity index (χ2n) is 6.19. The molecule has 0 fully saturated rings. The molecule has 0 aliphatic rings. The molecule has 1 rings (SSSR count). The highest BCUT2D eigenvalue weighted by Crippen LogP contribution is 2.15. The van der Waals surface area contributed by atoms with Crippen molar-refractivity contribution in [1.29, 1.82) is 0 Å². The van der Waals surface area contributed by atoms with Gasteiger partial charge in [0.1, 0.15) is 6.61 Å². The van der Waals surface area contributed by atoms with Gasteiger partial charge < -0.3 is 19.7 Å². The molecule has 1 N–H and O–H groups in total. The molecule has 142 valence electrons. The minimum atomic E-state index is -0.0631. The third-order valence-corrected chi connectivity index (χ3v) is 4.03. The molecule has 1 heterocycles. The topological polar surface area (TPSA) is 63.7 Å². The van der Waals surface area contributed by atoms with Crippen LogP contribution in [0.1, 0.15) is 52.9 Å². The molecule has 25 heavy (non-hydrogen) atoms. The smallest absolute Gasteiger partial charge is 0.322 e. The molecule has 0 saturated heterocycles. The van der Waals surface area contributed by atoms with Crippen LogP contribution in [0.4, 0.5) is 10.5 Å². The maximum Gasteiger partial charge on any atom is 0.322 e. The van der Waals surface area contributed by atoms with E-state index in [2.05, 4.69) is 31.1 Å². The summed E-state index contributed by atoms with van der Waals surface area (Å²) in [4.78, 5) is 18.8. The van der Waals surface area contributed by atoms with E-state index in [1.807, 2.05) is 11.0 Å². The minimum absolute atomic E-state index is 0.0631. The van der Waals surface area contributed by atoms with E-state index in [-0.39, 0.29) is 12.1 Å². The second-order valence-corrected chi connectivity index (χ2v) is 6.19. The summed E-state index contributed by atoms with van der Waals surface area (Å²) in [5, 5.41) is 2.95. The van der Waals surface area contributed by atoms with Crippen LogP contribution < -0.4 is 10.1 Å². The lowest BCUT2D eigenvalue weighted by atomic mass is 10.1. The zero-order valence-electron chi connectivity index (χ0n) is 16.1. The van der Waals surface area contributed by atoms with Crippen molar-refractivity contribution in [2.45, 2.75) is 58.9 Å². The largest absolute Gasteiger partial charge is 0.475 e. The standard InChI is InChI=1S/C19H33N3O3/c1-5-7-8-12-22(16(3)9-6-2)19(23)21-17-10-11-18(20-15-17)25-14-13-24-4/h10-11,15-16H,5-9,12-14H2,1-4H3,(H,21,23). The molecule has 0 aliphatic heterocycles. The molecular formula is C19H33N3O3. The number of methoxy groups -OCH3 is 1. The molecule has 0 aromatic carbocycles. The zero-order chi connectivity index (χ0) is 18.5. The summed E-state index contributed by atoms with van der Waals surface area (Å²) >= 11 is 0. The quantitative estimate of drug-likeness (QED) is 0.570. The van der Waals surface area contributed by atoms with Crippen molar-refractivity contribution < 1.29 is 14.3 Å². The fourth-order valence-electron chi connectivity index (χ4n) is 2.59. The summed E-state index contributed by atoms with van der Waals surface area (Å²) in [6, 6.07) is 3.72. The average molecular weight is 351 g/mol. The number of carbonyl (C=O) groups is 1. The molecule has 6 heteroatoms. The fourth-order valence-corrected chi connectivity index (χ4v) is 2.59. The van der Waals surface area contributed by atoms with Crippen molar-refractivity contribution >= 4 is 11.7 Å². The van der Waals surface area contributed by atoms with E-state index >= 15 is 0 Å². The van der Waals surface area contributed by atoms with Crippen LogP contribution in [0.5, 0.6) is 5.88 Å². The Bertz CT molecular complexity index is 479. The van der Waals surface area contributed by atoms with Crippen LogP contribution in [0, 0.1) is 0 Å². The number of nitrogens with zero attached hydrogens (tertiary/aromatic N) is 2. The van der Waals surface area contributed by atoms with Crippen LogP contribution in [0.15, 0.2) is 18.3 Å². The van der Waals surface area contributed by atoms with Crippen molar-refractivity contribution in [3.63, 3.8) is 0 Å². The van der Waals surface area contributed by atoms with Gasteiger partial charge in [-0.05, 0) is 25.8 Å². The fraction of sp³-hybridized carbons (Fsp3) is 0.684. The summed E-state index contributed by atoms with van der Waals surface area (Å²) in [5.41, 5.74) is 0.674. The Kier molecular flexibility index (Phi) is 10.6. The highest BCUT2D eigenvalue weighted by Gasteiger charge is 2.19. The lowest BCUT2D eigenvalue weighted by Crippen LogP contribution is -2.42. The number of anilines is 1. The Hall–Kier alpha value is -1.82. The number of nitrogens with one attached hydrogen (secondary N) is 1. The highest BCUT2D eigenvalue weighted by atomic mass is 16.5. The molecule has 6 nitrogen and oxygen atoms in total. The molecule has 0 bridgehead atoms. The molecule has 1 aromatic rings. The van der Waals surface area contributed by atoms with Gasteiger partial charge in [0.05, 0.1) is 18.5 Å². The first-order valence-electron chi connectivity index (χ1n) is 9.27. The van der Waals surface area contributed by atoms with Gasteiger partial charge in [-0.2, -0.15) is 0 Å². The Morgan fingerprint density at radius 1 is 1.24 bits per heavy atom. The maximum atomic E-state index is 12.7. The number of urea groups is 1. The van der Waals surface area contributed by atoms with Gasteiger partial charge >= 0.3 is 6.03 Å². The monoisotopic (exact) mass is 351 g/mol. The van der Waals surface area contributed by atoms with Crippen molar-refractivity contribution in [3.05, 3.63) is 18.3 Å². The zero-order valence-corrected chi connectivity index (χ0v) is 16.1. The van der Waals surface area contributed by atoms with Crippen molar-refractivity contribution in [2.75, 3.05) is 32.2 Å². The number of hydrogen-bond donors (Lipinski definition) is 1. The van der Waals surface area contributed by atoms with E-state index in [0.29, 0.717) is 24.8 Å². The predicted molar refractivity (Wildman–Crippen MR) is 101 cm³/mol. The van der Waals surface area contributed by atoms with E-state index in [4.69, 9.17) is 9.47 Å². The Labute approximate surface area is 151 Å². The van der Waals surface area contributed by atoms with Gasteiger partial charge in [0, 0.05) is 25.8 Å². The lowest BCUT2D eigenvalue weighted by molar-refractivity contribution is 0.144. The number of amides is 2. The molecular weight excluding hydrogens is 318 g/mol. The van der Waals surface area contributed by atoms with Crippen molar-refractivity contribution in [2.24, 2.45) is 0 Å². The van der Waals surface area contributed by atoms with Crippen LogP contribution in [0.2, 0.25) is 0 Å². The maximum absolute atomic E-state index is 12.7. The summed E-state index contributed by atoms with van der Waals surface area (Å²) in [5.74, 6) is 0.522. The van der Waals surface area contributed by atoms with Gasteiger partial charge in [-0.1, -0.05) is 33.1 Å². The Morgan fingerprint density at radius 3 is 2.64 bits per heavy atom. The van der Waals surface area contributed by atoms with Gasteiger partial charge in [0.25, 0.3) is 0 Å². The Morgan fingerprint density at radius 2 is 2.04 bits per heavy atom. The molecule has 0 aliphatic carbocycles. The second kappa shape index (κ2) is 12.5.